The van der Waals surface area contributed by atoms with E-state index in [-0.39, 0.29) is 0 Å². The van der Waals surface area contributed by atoms with Gasteiger partial charge in [0, 0.05) is 0 Å². The van der Waals surface area contributed by atoms with Crippen LogP contribution in [0.5, 0.6) is 5.75 Å². The van der Waals surface area contributed by atoms with Crippen LogP contribution in [0.3, 0.4) is 0 Å². The topological polar surface area (TPSA) is 35.5 Å². The van der Waals surface area contributed by atoms with Crippen molar-refractivity contribution in [3.63, 3.8) is 0 Å². The van der Waals surface area contributed by atoms with Gasteiger partial charge in [0.05, 0.1) is 7.11 Å². The minimum Gasteiger partial charge on any atom is -0.496 e. The summed E-state index contributed by atoms with van der Waals surface area (Å²) >= 11 is 0. The Morgan fingerprint density at radius 3 is 2.56 bits per heavy atom. The zero-order valence-electron chi connectivity index (χ0n) is 10.1. The second kappa shape index (κ2) is 6.16. The molecule has 3 nitrogen and oxygen atoms in total. The van der Waals surface area contributed by atoms with Crippen LogP contribution in [-0.2, 0) is 22.6 Å². The lowest BCUT2D eigenvalue weighted by Crippen LogP contribution is -2.00. The summed E-state index contributed by atoms with van der Waals surface area (Å²) in [6.45, 7) is 4.89. The molecule has 0 saturated heterocycles. The molecule has 0 N–H and O–H groups in total. The van der Waals surface area contributed by atoms with Gasteiger partial charge in [0.25, 0.3) is 6.47 Å². The highest BCUT2D eigenvalue weighted by molar-refractivity contribution is 5.46. The Bertz CT molecular complexity index is 358. The molecular formula is C13H18O3. The molecule has 0 aromatic heterocycles. The number of carbonyl (C=O) groups excluding carboxylic acids is 1. The Balaban J connectivity index is 3.02. The summed E-state index contributed by atoms with van der Waals surface area (Å²) in [4.78, 5) is 10.2. The van der Waals surface area contributed by atoms with E-state index >= 15 is 0 Å². The molecule has 0 aliphatic heterocycles. The fraction of sp³-hybridized carbons (Fsp3) is 0.462. The Hall–Kier alpha value is -1.51. The van der Waals surface area contributed by atoms with Crippen molar-refractivity contribution in [2.75, 3.05) is 7.11 Å². The van der Waals surface area contributed by atoms with Gasteiger partial charge in [-0.3, -0.25) is 4.79 Å². The van der Waals surface area contributed by atoms with Gasteiger partial charge in [0.2, 0.25) is 0 Å². The number of ether oxygens (including phenoxy) is 2. The highest BCUT2D eigenvalue weighted by atomic mass is 16.5. The molecule has 0 atom stereocenters. The number of hydrogen-bond acceptors (Lipinski definition) is 3. The number of benzene rings is 1. The van der Waals surface area contributed by atoms with Crippen LogP contribution in [0, 0.1) is 6.92 Å². The maximum atomic E-state index is 10.2. The van der Waals surface area contributed by atoms with Crippen LogP contribution in [0.15, 0.2) is 12.1 Å². The zero-order valence-corrected chi connectivity index (χ0v) is 10.1. The first-order chi connectivity index (χ1) is 7.74. The average molecular weight is 222 g/mol. The van der Waals surface area contributed by atoms with Crippen LogP contribution in [0.1, 0.15) is 30.0 Å². The molecule has 0 heterocycles. The van der Waals surface area contributed by atoms with Crippen molar-refractivity contribution >= 4 is 6.47 Å². The molecule has 0 radical (unpaired) electrons. The third-order valence-corrected chi connectivity index (χ3v) is 2.63. The molecular weight excluding hydrogens is 204 g/mol. The van der Waals surface area contributed by atoms with Crippen LogP contribution >= 0.6 is 0 Å². The van der Waals surface area contributed by atoms with E-state index in [1.165, 1.54) is 5.56 Å². The highest BCUT2D eigenvalue weighted by Crippen LogP contribution is 2.27. The number of hydrogen-bond donors (Lipinski definition) is 0. The molecule has 0 fully saturated rings. The largest absolute Gasteiger partial charge is 0.496 e. The lowest BCUT2D eigenvalue weighted by Gasteiger charge is -2.14. The molecule has 0 amide bonds. The number of methoxy groups -OCH3 is 1. The van der Waals surface area contributed by atoms with E-state index in [4.69, 9.17) is 9.47 Å². The summed E-state index contributed by atoms with van der Waals surface area (Å²) < 4.78 is 10.2. The van der Waals surface area contributed by atoms with Crippen LogP contribution in [-0.4, -0.2) is 13.6 Å². The monoisotopic (exact) mass is 222 g/mol. The van der Waals surface area contributed by atoms with E-state index in [0.717, 1.165) is 29.7 Å². The van der Waals surface area contributed by atoms with Crippen LogP contribution in [0.25, 0.3) is 0 Å². The number of carbonyl (C=O) groups is 1. The van der Waals surface area contributed by atoms with Gasteiger partial charge in [-0.2, -0.15) is 0 Å². The van der Waals surface area contributed by atoms with Gasteiger partial charge in [-0.15, -0.1) is 0 Å². The summed E-state index contributed by atoms with van der Waals surface area (Å²) in [5.41, 5.74) is 3.25. The quantitative estimate of drug-likeness (QED) is 0.694. The van der Waals surface area contributed by atoms with E-state index in [2.05, 4.69) is 6.92 Å². The van der Waals surface area contributed by atoms with Crippen molar-refractivity contribution in [1.82, 2.24) is 0 Å². The molecule has 0 aliphatic carbocycles. The standard InChI is InChI=1S/C13H18O3/c1-4-5-11-6-7-12(8-16-9-14)10(2)13(11)15-3/h6-7,9H,4-5,8H2,1-3H3. The molecule has 0 bridgehead atoms. The van der Waals surface area contributed by atoms with Crippen molar-refractivity contribution in [3.8, 4) is 5.75 Å². The first-order valence-corrected chi connectivity index (χ1v) is 5.45. The van der Waals surface area contributed by atoms with E-state index < -0.39 is 0 Å². The average Bonchev–Trinajstić information content (AvgIpc) is 2.29. The van der Waals surface area contributed by atoms with E-state index in [1.54, 1.807) is 7.11 Å². The second-order valence-electron chi connectivity index (χ2n) is 3.70. The lowest BCUT2D eigenvalue weighted by molar-refractivity contribution is -0.129. The maximum absolute atomic E-state index is 10.2. The molecule has 3 heteroatoms. The van der Waals surface area contributed by atoms with Crippen molar-refractivity contribution in [2.24, 2.45) is 0 Å². The molecule has 0 aliphatic rings. The fourth-order valence-electron chi connectivity index (χ4n) is 1.82. The summed E-state index contributed by atoms with van der Waals surface area (Å²) in [5.74, 6) is 0.911. The van der Waals surface area contributed by atoms with Crippen molar-refractivity contribution in [1.29, 1.82) is 0 Å². The summed E-state index contributed by atoms with van der Waals surface area (Å²) in [6.07, 6.45) is 2.08. The number of rotatable bonds is 6. The molecule has 0 saturated carbocycles. The van der Waals surface area contributed by atoms with Gasteiger partial charge < -0.3 is 9.47 Å². The number of aryl methyl sites for hydroxylation is 1. The molecule has 0 unspecified atom stereocenters. The lowest BCUT2D eigenvalue weighted by atomic mass is 10.0. The second-order valence-corrected chi connectivity index (χ2v) is 3.70. The van der Waals surface area contributed by atoms with Gasteiger partial charge >= 0.3 is 0 Å². The van der Waals surface area contributed by atoms with E-state index in [9.17, 15) is 4.79 Å². The van der Waals surface area contributed by atoms with Gasteiger partial charge in [-0.25, -0.2) is 0 Å². The van der Waals surface area contributed by atoms with Crippen molar-refractivity contribution < 1.29 is 14.3 Å². The minimum atomic E-state index is 0.304. The Labute approximate surface area is 96.4 Å². The molecule has 1 rings (SSSR count). The summed E-state index contributed by atoms with van der Waals surface area (Å²) in [7, 11) is 1.67. The molecule has 0 spiro atoms. The van der Waals surface area contributed by atoms with Gasteiger partial charge in [-0.1, -0.05) is 25.5 Å². The maximum Gasteiger partial charge on any atom is 0.293 e. The first kappa shape index (κ1) is 12.6. The predicted molar refractivity (Wildman–Crippen MR) is 62.6 cm³/mol. The van der Waals surface area contributed by atoms with Crippen LogP contribution in [0.4, 0.5) is 0 Å². The van der Waals surface area contributed by atoms with Crippen LogP contribution < -0.4 is 4.74 Å². The smallest absolute Gasteiger partial charge is 0.293 e. The Morgan fingerprint density at radius 1 is 1.31 bits per heavy atom. The fourth-order valence-corrected chi connectivity index (χ4v) is 1.82. The molecule has 88 valence electrons. The zero-order chi connectivity index (χ0) is 12.0. The normalized spacial score (nSPS) is 9.94. The van der Waals surface area contributed by atoms with Gasteiger partial charge in [0.15, 0.2) is 0 Å². The van der Waals surface area contributed by atoms with Gasteiger partial charge in [-0.05, 0) is 30.0 Å². The van der Waals surface area contributed by atoms with E-state index in [0.29, 0.717) is 13.1 Å². The molecule has 1 aromatic carbocycles. The summed E-state index contributed by atoms with van der Waals surface area (Å²) in [6, 6.07) is 4.03. The van der Waals surface area contributed by atoms with Gasteiger partial charge in [0.1, 0.15) is 12.4 Å². The third kappa shape index (κ3) is 2.75. The van der Waals surface area contributed by atoms with E-state index in [1.807, 2.05) is 19.1 Å². The SMILES string of the molecule is CCCc1ccc(COC=O)c(C)c1OC. The van der Waals surface area contributed by atoms with Crippen LogP contribution in [0.2, 0.25) is 0 Å². The highest BCUT2D eigenvalue weighted by Gasteiger charge is 2.10. The Kier molecular flexibility index (Phi) is 4.83. The third-order valence-electron chi connectivity index (χ3n) is 2.63. The summed E-state index contributed by atoms with van der Waals surface area (Å²) in [5, 5.41) is 0. The van der Waals surface area contributed by atoms with Crippen molar-refractivity contribution in [3.05, 3.63) is 28.8 Å². The van der Waals surface area contributed by atoms with Crippen molar-refractivity contribution in [2.45, 2.75) is 33.3 Å². The molecule has 16 heavy (non-hydrogen) atoms. The molecule has 1 aromatic rings. The Morgan fingerprint density at radius 2 is 2.00 bits per heavy atom. The minimum absolute atomic E-state index is 0.304. The first-order valence-electron chi connectivity index (χ1n) is 5.45. The predicted octanol–water partition coefficient (Wildman–Crippen LogP) is 2.63.